The van der Waals surface area contributed by atoms with E-state index in [-0.39, 0.29) is 11.3 Å². The molecule has 0 aliphatic carbocycles. The summed E-state index contributed by atoms with van der Waals surface area (Å²) in [6.07, 6.45) is 1.71. The number of hydrogen-bond donors (Lipinski definition) is 0. The SMILES string of the molecule is COc1ccc(CSc2nc3ccccc3c(=O)n2-c2ccc(C)cn2)cc1F. The first-order chi connectivity index (χ1) is 14.1. The Morgan fingerprint density at radius 1 is 1.14 bits per heavy atom. The van der Waals surface area contributed by atoms with Crippen LogP contribution in [0.3, 0.4) is 0 Å². The van der Waals surface area contributed by atoms with E-state index in [4.69, 9.17) is 4.74 Å². The van der Waals surface area contributed by atoms with Crippen LogP contribution in [0.1, 0.15) is 11.1 Å². The van der Waals surface area contributed by atoms with Crippen LogP contribution in [-0.4, -0.2) is 21.6 Å². The van der Waals surface area contributed by atoms with E-state index >= 15 is 0 Å². The van der Waals surface area contributed by atoms with Crippen molar-refractivity contribution in [1.82, 2.24) is 14.5 Å². The van der Waals surface area contributed by atoms with Crippen molar-refractivity contribution in [3.63, 3.8) is 0 Å². The molecule has 0 atom stereocenters. The molecule has 0 bridgehead atoms. The zero-order chi connectivity index (χ0) is 20.4. The molecule has 0 spiro atoms. The van der Waals surface area contributed by atoms with E-state index < -0.39 is 5.82 Å². The summed E-state index contributed by atoms with van der Waals surface area (Å²) in [6, 6.07) is 15.7. The van der Waals surface area contributed by atoms with Gasteiger partial charge in [-0.2, -0.15) is 0 Å². The summed E-state index contributed by atoms with van der Waals surface area (Å²) < 4.78 is 20.5. The number of para-hydroxylation sites is 1. The van der Waals surface area contributed by atoms with Gasteiger partial charge in [0, 0.05) is 11.9 Å². The van der Waals surface area contributed by atoms with E-state index in [1.54, 1.807) is 36.5 Å². The maximum absolute atomic E-state index is 14.0. The highest BCUT2D eigenvalue weighted by Crippen LogP contribution is 2.26. The summed E-state index contributed by atoms with van der Waals surface area (Å²) in [6.45, 7) is 1.94. The summed E-state index contributed by atoms with van der Waals surface area (Å²) in [4.78, 5) is 22.3. The molecule has 146 valence electrons. The average Bonchev–Trinajstić information content (AvgIpc) is 2.73. The normalized spacial score (nSPS) is 11.0. The monoisotopic (exact) mass is 407 g/mol. The maximum atomic E-state index is 14.0. The Labute approximate surface area is 171 Å². The molecule has 0 fully saturated rings. The van der Waals surface area contributed by atoms with Crippen molar-refractivity contribution in [2.24, 2.45) is 0 Å². The van der Waals surface area contributed by atoms with Crippen molar-refractivity contribution in [1.29, 1.82) is 0 Å². The topological polar surface area (TPSA) is 57.0 Å². The lowest BCUT2D eigenvalue weighted by Gasteiger charge is -2.13. The van der Waals surface area contributed by atoms with Crippen LogP contribution >= 0.6 is 11.8 Å². The van der Waals surface area contributed by atoms with Gasteiger partial charge in [0.05, 0.1) is 18.0 Å². The van der Waals surface area contributed by atoms with Crippen LogP contribution in [0.25, 0.3) is 16.7 Å². The van der Waals surface area contributed by atoms with E-state index in [1.807, 2.05) is 25.1 Å². The molecule has 2 aromatic carbocycles. The van der Waals surface area contributed by atoms with Gasteiger partial charge in [-0.15, -0.1) is 0 Å². The first kappa shape index (κ1) is 19.1. The van der Waals surface area contributed by atoms with Gasteiger partial charge in [0.15, 0.2) is 16.7 Å². The smallest absolute Gasteiger partial charge is 0.267 e. The predicted octanol–water partition coefficient (Wildman–Crippen LogP) is 4.53. The van der Waals surface area contributed by atoms with Gasteiger partial charge in [0.1, 0.15) is 5.82 Å². The largest absolute Gasteiger partial charge is 0.494 e. The van der Waals surface area contributed by atoms with Crippen LogP contribution in [0.5, 0.6) is 5.75 Å². The van der Waals surface area contributed by atoms with Crippen molar-refractivity contribution in [3.8, 4) is 11.6 Å². The van der Waals surface area contributed by atoms with Gasteiger partial charge in [-0.05, 0) is 48.4 Å². The first-order valence-electron chi connectivity index (χ1n) is 8.97. The number of hydrogen-bond acceptors (Lipinski definition) is 5. The van der Waals surface area contributed by atoms with Crippen LogP contribution in [0.2, 0.25) is 0 Å². The second-order valence-electron chi connectivity index (χ2n) is 6.50. The number of pyridine rings is 1. The number of benzene rings is 2. The third-order valence-corrected chi connectivity index (χ3v) is 5.46. The summed E-state index contributed by atoms with van der Waals surface area (Å²) >= 11 is 1.35. The zero-order valence-corrected chi connectivity index (χ0v) is 16.7. The summed E-state index contributed by atoms with van der Waals surface area (Å²) in [5.74, 6) is 0.720. The molecule has 7 heteroatoms. The predicted molar refractivity (Wildman–Crippen MR) is 112 cm³/mol. The molecule has 0 amide bonds. The Morgan fingerprint density at radius 3 is 2.69 bits per heavy atom. The fourth-order valence-electron chi connectivity index (χ4n) is 2.95. The summed E-state index contributed by atoms with van der Waals surface area (Å²) in [5.41, 5.74) is 2.19. The number of aryl methyl sites for hydroxylation is 1. The minimum Gasteiger partial charge on any atom is -0.494 e. The Kier molecular flexibility index (Phi) is 5.31. The molecule has 0 saturated carbocycles. The molecule has 0 saturated heterocycles. The van der Waals surface area contributed by atoms with Crippen LogP contribution in [0.4, 0.5) is 4.39 Å². The Balaban J connectivity index is 1.78. The van der Waals surface area contributed by atoms with E-state index in [0.29, 0.717) is 27.6 Å². The van der Waals surface area contributed by atoms with Crippen LogP contribution in [0.15, 0.2) is 70.7 Å². The highest BCUT2D eigenvalue weighted by Gasteiger charge is 2.14. The Morgan fingerprint density at radius 2 is 1.97 bits per heavy atom. The number of aromatic nitrogens is 3. The second-order valence-corrected chi connectivity index (χ2v) is 7.45. The molecule has 4 aromatic rings. The number of nitrogens with zero attached hydrogens (tertiary/aromatic N) is 3. The fourth-order valence-corrected chi connectivity index (χ4v) is 3.89. The van der Waals surface area contributed by atoms with Gasteiger partial charge in [-0.3, -0.25) is 4.79 Å². The number of ether oxygens (including phenoxy) is 1. The first-order valence-corrected chi connectivity index (χ1v) is 9.95. The van der Waals surface area contributed by atoms with Crippen molar-refractivity contribution in [2.45, 2.75) is 17.8 Å². The van der Waals surface area contributed by atoms with Crippen molar-refractivity contribution in [2.75, 3.05) is 7.11 Å². The third-order valence-electron chi connectivity index (χ3n) is 4.45. The van der Waals surface area contributed by atoms with Gasteiger partial charge >= 0.3 is 0 Å². The molecule has 0 radical (unpaired) electrons. The minimum atomic E-state index is -0.422. The molecule has 0 aliphatic heterocycles. The standard InChI is InChI=1S/C22H18FN3O2S/c1-14-7-10-20(24-12-14)26-21(27)16-5-3-4-6-18(16)25-22(26)29-13-15-8-9-19(28-2)17(23)11-15/h3-12H,13H2,1-2H3. The lowest BCUT2D eigenvalue weighted by atomic mass is 10.2. The summed E-state index contributed by atoms with van der Waals surface area (Å²) in [5, 5.41) is 1.02. The fraction of sp³-hybridized carbons (Fsp3) is 0.136. The van der Waals surface area contributed by atoms with Gasteiger partial charge in [0.2, 0.25) is 0 Å². The molecule has 0 unspecified atom stereocenters. The highest BCUT2D eigenvalue weighted by atomic mass is 32.2. The van der Waals surface area contributed by atoms with Gasteiger partial charge in [-0.25, -0.2) is 18.9 Å². The Bertz CT molecular complexity index is 1240. The highest BCUT2D eigenvalue weighted by molar-refractivity contribution is 7.98. The molecular weight excluding hydrogens is 389 g/mol. The molecule has 2 aromatic heterocycles. The number of methoxy groups -OCH3 is 1. The number of thioether (sulfide) groups is 1. The number of halogens is 1. The third kappa shape index (κ3) is 3.86. The van der Waals surface area contributed by atoms with Crippen molar-refractivity contribution in [3.05, 3.63) is 88.1 Å². The second kappa shape index (κ2) is 8.05. The van der Waals surface area contributed by atoms with E-state index in [2.05, 4.69) is 9.97 Å². The summed E-state index contributed by atoms with van der Waals surface area (Å²) in [7, 11) is 1.43. The van der Waals surface area contributed by atoms with Crippen LogP contribution in [-0.2, 0) is 5.75 Å². The van der Waals surface area contributed by atoms with Crippen molar-refractivity contribution >= 4 is 22.7 Å². The molecule has 0 aliphatic rings. The molecule has 0 N–H and O–H groups in total. The lowest BCUT2D eigenvalue weighted by molar-refractivity contribution is 0.386. The Hall–Kier alpha value is -3.19. The average molecular weight is 407 g/mol. The van der Waals surface area contributed by atoms with Crippen molar-refractivity contribution < 1.29 is 9.13 Å². The van der Waals surface area contributed by atoms with Crippen LogP contribution in [0, 0.1) is 12.7 Å². The molecular formula is C22H18FN3O2S. The quantitative estimate of drug-likeness (QED) is 0.359. The minimum absolute atomic E-state index is 0.185. The van der Waals surface area contributed by atoms with Gasteiger partial charge in [-0.1, -0.05) is 36.0 Å². The maximum Gasteiger partial charge on any atom is 0.267 e. The van der Waals surface area contributed by atoms with E-state index in [9.17, 15) is 9.18 Å². The molecule has 29 heavy (non-hydrogen) atoms. The zero-order valence-electron chi connectivity index (χ0n) is 15.9. The van der Waals surface area contributed by atoms with E-state index in [0.717, 1.165) is 11.1 Å². The van der Waals surface area contributed by atoms with Gasteiger partial charge < -0.3 is 4.74 Å². The van der Waals surface area contributed by atoms with Crippen LogP contribution < -0.4 is 10.3 Å². The number of rotatable bonds is 5. The number of fused-ring (bicyclic) bond motifs is 1. The molecule has 2 heterocycles. The van der Waals surface area contributed by atoms with E-state index in [1.165, 1.54) is 29.5 Å². The molecule has 4 rings (SSSR count). The van der Waals surface area contributed by atoms with Gasteiger partial charge in [0.25, 0.3) is 5.56 Å². The molecule has 5 nitrogen and oxygen atoms in total. The lowest BCUT2D eigenvalue weighted by Crippen LogP contribution is -2.22.